The van der Waals surface area contributed by atoms with Crippen LogP contribution in [0.1, 0.15) is 73.4 Å². The average Bonchev–Trinajstić information content (AvgIpc) is 2.95. The van der Waals surface area contributed by atoms with Crippen molar-refractivity contribution >= 4 is 35.4 Å². The molecule has 8 heteroatoms. The highest BCUT2D eigenvalue weighted by atomic mass is 16.5. The molecule has 0 aliphatic rings. The zero-order valence-corrected chi connectivity index (χ0v) is 23.5. The summed E-state index contributed by atoms with van der Waals surface area (Å²) in [5.41, 5.74) is 14.5. The number of carbonyl (C=O) groups excluding carboxylic acids is 3. The summed E-state index contributed by atoms with van der Waals surface area (Å²) in [5, 5.41) is 0. The van der Waals surface area contributed by atoms with Gasteiger partial charge in [-0.1, -0.05) is 44.0 Å². The van der Waals surface area contributed by atoms with Crippen LogP contribution in [-0.2, 0) is 20.7 Å². The molecular weight excluding hydrogens is 520 g/mol. The van der Waals surface area contributed by atoms with Gasteiger partial charge in [-0.05, 0) is 91.8 Å². The molecule has 0 heterocycles. The number of nitrogens with two attached hydrogens (primary N) is 2. The molecule has 0 spiro atoms. The lowest BCUT2D eigenvalue weighted by Crippen LogP contribution is -2.09. The van der Waals surface area contributed by atoms with Crippen molar-refractivity contribution in [2.45, 2.75) is 58.3 Å². The Morgan fingerprint density at radius 1 is 0.756 bits per heavy atom. The summed E-state index contributed by atoms with van der Waals surface area (Å²) >= 11 is 0. The van der Waals surface area contributed by atoms with Crippen molar-refractivity contribution in [1.29, 1.82) is 0 Å². The number of benzene rings is 3. The van der Waals surface area contributed by atoms with E-state index in [1.54, 1.807) is 36.4 Å². The lowest BCUT2D eigenvalue weighted by atomic mass is 10.1. The quantitative estimate of drug-likeness (QED) is 0.0708. The first-order valence-electron chi connectivity index (χ1n) is 13.9. The number of nitrogen functional groups attached to an aromatic ring is 2. The molecule has 0 aromatic heterocycles. The molecule has 0 bridgehead atoms. The molecule has 3 aromatic rings. The maximum atomic E-state index is 12.2. The summed E-state index contributed by atoms with van der Waals surface area (Å²) in [6, 6.07) is 19.0. The van der Waals surface area contributed by atoms with Gasteiger partial charge in [-0.25, -0.2) is 9.59 Å². The molecule has 0 amide bonds. The fraction of sp³-hybridized carbons (Fsp3) is 0.303. The van der Waals surface area contributed by atoms with E-state index < -0.39 is 11.9 Å². The van der Waals surface area contributed by atoms with Gasteiger partial charge in [0.05, 0.1) is 12.2 Å². The van der Waals surface area contributed by atoms with E-state index in [-0.39, 0.29) is 19.0 Å². The lowest BCUT2D eigenvalue weighted by molar-refractivity contribution is -0.134. The van der Waals surface area contributed by atoms with Gasteiger partial charge in [0.2, 0.25) is 0 Å². The number of aryl methyl sites for hydroxylation is 1. The van der Waals surface area contributed by atoms with E-state index in [1.807, 2.05) is 24.3 Å². The summed E-state index contributed by atoms with van der Waals surface area (Å²) in [6.45, 7) is 2.41. The Labute approximate surface area is 241 Å². The van der Waals surface area contributed by atoms with E-state index >= 15 is 0 Å². The largest absolute Gasteiger partial charge is 0.462 e. The Morgan fingerprint density at radius 3 is 2.10 bits per heavy atom. The fourth-order valence-corrected chi connectivity index (χ4v) is 4.04. The molecule has 0 saturated heterocycles. The molecule has 41 heavy (non-hydrogen) atoms. The molecule has 3 rings (SSSR count). The van der Waals surface area contributed by atoms with Gasteiger partial charge in [0, 0.05) is 23.9 Å². The van der Waals surface area contributed by atoms with Crippen LogP contribution in [0.3, 0.4) is 0 Å². The Hall–Kier alpha value is -4.59. The van der Waals surface area contributed by atoms with E-state index in [4.69, 9.17) is 25.7 Å². The number of hydrogen-bond donors (Lipinski definition) is 2. The SMILES string of the molecule is CCCCCc1ccc(OC(=O)C=Cc2ccc(OC(=O)CCCCCOC(=O)c3cc(N)cc(N)c3)cc2)cc1. The summed E-state index contributed by atoms with van der Waals surface area (Å²) in [5.74, 6) is -0.375. The molecular formula is C33H38N2O6. The molecule has 0 radical (unpaired) electrons. The van der Waals surface area contributed by atoms with E-state index in [9.17, 15) is 14.4 Å². The van der Waals surface area contributed by atoms with Gasteiger partial charge in [0.15, 0.2) is 0 Å². The van der Waals surface area contributed by atoms with Crippen LogP contribution in [0.4, 0.5) is 11.4 Å². The van der Waals surface area contributed by atoms with Gasteiger partial charge in [-0.15, -0.1) is 0 Å². The number of hydrogen-bond acceptors (Lipinski definition) is 8. The van der Waals surface area contributed by atoms with Gasteiger partial charge >= 0.3 is 17.9 Å². The van der Waals surface area contributed by atoms with Gasteiger partial charge in [0.1, 0.15) is 11.5 Å². The summed E-state index contributed by atoms with van der Waals surface area (Å²) in [4.78, 5) is 36.4. The summed E-state index contributed by atoms with van der Waals surface area (Å²) < 4.78 is 16.0. The maximum Gasteiger partial charge on any atom is 0.338 e. The smallest absolute Gasteiger partial charge is 0.338 e. The van der Waals surface area contributed by atoms with Crippen molar-refractivity contribution in [3.8, 4) is 11.5 Å². The molecule has 0 atom stereocenters. The van der Waals surface area contributed by atoms with Crippen molar-refractivity contribution in [3.63, 3.8) is 0 Å². The standard InChI is InChI=1S/C33H38N2O6/c1-2-3-5-8-24-10-15-30(16-11-24)41-32(37)19-14-25-12-17-29(18-13-25)40-31(36)9-6-4-7-20-39-33(38)26-21-27(34)23-28(35)22-26/h10-19,21-23H,2-9,20,34-35H2,1H3. The van der Waals surface area contributed by atoms with Crippen LogP contribution in [0.2, 0.25) is 0 Å². The third kappa shape index (κ3) is 11.6. The zero-order valence-electron chi connectivity index (χ0n) is 23.5. The van der Waals surface area contributed by atoms with Crippen molar-refractivity contribution < 1.29 is 28.6 Å². The van der Waals surface area contributed by atoms with Crippen LogP contribution < -0.4 is 20.9 Å². The van der Waals surface area contributed by atoms with Gasteiger partial charge < -0.3 is 25.7 Å². The van der Waals surface area contributed by atoms with Gasteiger partial charge in [-0.3, -0.25) is 4.79 Å². The first-order valence-corrected chi connectivity index (χ1v) is 13.9. The van der Waals surface area contributed by atoms with Gasteiger partial charge in [0.25, 0.3) is 0 Å². The first-order chi connectivity index (χ1) is 19.8. The molecule has 4 N–H and O–H groups in total. The Morgan fingerprint density at radius 2 is 1.41 bits per heavy atom. The third-order valence-electron chi connectivity index (χ3n) is 6.21. The van der Waals surface area contributed by atoms with Crippen LogP contribution in [0, 0.1) is 0 Å². The predicted molar refractivity (Wildman–Crippen MR) is 160 cm³/mol. The minimum Gasteiger partial charge on any atom is -0.462 e. The normalized spacial score (nSPS) is 10.9. The topological polar surface area (TPSA) is 131 Å². The molecule has 0 fully saturated rings. The monoisotopic (exact) mass is 558 g/mol. The lowest BCUT2D eigenvalue weighted by Gasteiger charge is -2.07. The highest BCUT2D eigenvalue weighted by Crippen LogP contribution is 2.18. The minimum atomic E-state index is -0.485. The molecule has 8 nitrogen and oxygen atoms in total. The number of rotatable bonds is 15. The Balaban J connectivity index is 1.31. The highest BCUT2D eigenvalue weighted by molar-refractivity contribution is 5.91. The molecule has 0 aliphatic carbocycles. The summed E-state index contributed by atoms with van der Waals surface area (Å²) in [7, 11) is 0. The molecule has 0 aliphatic heterocycles. The number of esters is 3. The molecule has 216 valence electrons. The molecule has 0 saturated carbocycles. The second-order valence-electron chi connectivity index (χ2n) is 9.73. The van der Waals surface area contributed by atoms with Crippen LogP contribution in [-0.4, -0.2) is 24.5 Å². The first kappa shape index (κ1) is 30.9. The van der Waals surface area contributed by atoms with Crippen LogP contribution in [0.5, 0.6) is 11.5 Å². The van der Waals surface area contributed by atoms with E-state index in [2.05, 4.69) is 6.92 Å². The van der Waals surface area contributed by atoms with Crippen molar-refractivity contribution in [3.05, 3.63) is 89.5 Å². The van der Waals surface area contributed by atoms with Crippen LogP contribution in [0.15, 0.2) is 72.8 Å². The second-order valence-corrected chi connectivity index (χ2v) is 9.73. The second kappa shape index (κ2) is 16.5. The van der Waals surface area contributed by atoms with Crippen molar-refractivity contribution in [1.82, 2.24) is 0 Å². The Kier molecular flexibility index (Phi) is 12.5. The maximum absolute atomic E-state index is 12.2. The molecule has 3 aromatic carbocycles. The predicted octanol–water partition coefficient (Wildman–Crippen LogP) is 6.53. The van der Waals surface area contributed by atoms with Crippen LogP contribution >= 0.6 is 0 Å². The highest BCUT2D eigenvalue weighted by Gasteiger charge is 2.09. The average molecular weight is 559 g/mol. The number of carbonyl (C=O) groups is 3. The van der Waals surface area contributed by atoms with Crippen molar-refractivity contribution in [2.24, 2.45) is 0 Å². The van der Waals surface area contributed by atoms with Gasteiger partial charge in [-0.2, -0.15) is 0 Å². The van der Waals surface area contributed by atoms with E-state index in [0.717, 1.165) is 18.4 Å². The van der Waals surface area contributed by atoms with Crippen LogP contribution in [0.25, 0.3) is 6.08 Å². The van der Waals surface area contributed by atoms with Crippen molar-refractivity contribution in [2.75, 3.05) is 18.1 Å². The zero-order chi connectivity index (χ0) is 29.5. The fourth-order valence-electron chi connectivity index (χ4n) is 4.04. The third-order valence-corrected chi connectivity index (χ3v) is 6.21. The molecule has 0 unspecified atom stereocenters. The number of ether oxygens (including phenoxy) is 3. The summed E-state index contributed by atoms with van der Waals surface area (Å²) in [6.07, 6.45) is 9.73. The number of anilines is 2. The minimum absolute atomic E-state index is 0.233. The van der Waals surface area contributed by atoms with E-state index in [0.29, 0.717) is 47.7 Å². The Bertz CT molecular complexity index is 1300. The van der Waals surface area contributed by atoms with E-state index in [1.165, 1.54) is 36.6 Å². The number of unbranched alkanes of at least 4 members (excludes halogenated alkanes) is 4.